The van der Waals surface area contributed by atoms with Crippen molar-refractivity contribution in [3.8, 4) is 6.01 Å². The molecule has 1 rings (SSSR count). The number of nitrogens with zero attached hydrogens (tertiary/aromatic N) is 2. The Morgan fingerprint density at radius 3 is 1.67 bits per heavy atom. The Labute approximate surface area is 66.6 Å². The molecule has 0 bridgehead atoms. The van der Waals surface area contributed by atoms with Gasteiger partial charge in [-0.3, -0.25) is 5.73 Å². The normalized spacial score (nSPS) is 10.0. The van der Waals surface area contributed by atoms with Crippen molar-refractivity contribution in [2.45, 2.75) is 0 Å². The molecule has 0 aliphatic carbocycles. The number of nitrogens with two attached hydrogens (primary N) is 3. The van der Waals surface area contributed by atoms with Gasteiger partial charge in [0.05, 0.1) is 0 Å². The number of hydrogen-bond acceptors (Lipinski definition) is 6. The maximum Gasteiger partial charge on any atom is 0.530 e. The second-order valence-electron chi connectivity index (χ2n) is 2.07. The lowest BCUT2D eigenvalue weighted by molar-refractivity contribution is -0.738. The Hall–Kier alpha value is -2.12. The van der Waals surface area contributed by atoms with E-state index < -0.39 is 17.6 Å². The van der Waals surface area contributed by atoms with Crippen molar-refractivity contribution in [3.05, 3.63) is 10.4 Å². The Bertz CT molecular complexity index is 233. The van der Waals surface area contributed by atoms with Gasteiger partial charge >= 0.3 is 11.8 Å². The first kappa shape index (κ1) is 7.98. The molecule has 7 N–H and O–H groups in total. The van der Waals surface area contributed by atoms with Crippen LogP contribution in [0.4, 0.5) is 17.3 Å². The Kier molecular flexibility index (Phi) is 1.45. The number of rotatable bonds is 0. The minimum absolute atomic E-state index is 0.210. The molecule has 1 aromatic heterocycles. The lowest BCUT2D eigenvalue weighted by atomic mass is 10.4. The predicted octanol–water partition coefficient (Wildman–Crippen LogP) is -2.59. The molecule has 0 aliphatic rings. The third kappa shape index (κ3) is 0.779. The summed E-state index contributed by atoms with van der Waals surface area (Å²) in [5, 5.41) is 30.3. The van der Waals surface area contributed by atoms with Gasteiger partial charge in [0.1, 0.15) is 0 Å². The van der Waals surface area contributed by atoms with Gasteiger partial charge in [0.15, 0.2) is 0 Å². The van der Waals surface area contributed by atoms with E-state index in [1.54, 1.807) is 0 Å². The lowest BCUT2D eigenvalue weighted by Gasteiger charge is -2.10. The molecule has 0 spiro atoms. The monoisotopic (exact) mass is 173 g/mol. The van der Waals surface area contributed by atoms with Crippen molar-refractivity contribution in [1.29, 1.82) is 0 Å². The Balaban J connectivity index is 3.60. The van der Waals surface area contributed by atoms with Gasteiger partial charge in [0.25, 0.3) is 5.82 Å². The van der Waals surface area contributed by atoms with Crippen LogP contribution in [0.15, 0.2) is 0 Å². The average Bonchev–Trinajstić information content (AvgIpc) is 2.08. The maximum atomic E-state index is 10.7. The molecule has 0 amide bonds. The SMILES string of the molecule is Nc1c(N)[n+]([O-])c(O)[n+]([O-])c1N. The highest BCUT2D eigenvalue weighted by Crippen LogP contribution is 2.15. The van der Waals surface area contributed by atoms with Crippen molar-refractivity contribution in [1.82, 2.24) is 0 Å². The Morgan fingerprint density at radius 2 is 1.33 bits per heavy atom. The average molecular weight is 173 g/mol. The second kappa shape index (κ2) is 2.19. The quantitative estimate of drug-likeness (QED) is 0.249. The van der Waals surface area contributed by atoms with Crippen molar-refractivity contribution in [2.24, 2.45) is 0 Å². The summed E-state index contributed by atoms with van der Waals surface area (Å²) in [5.74, 6) is -1.01. The van der Waals surface area contributed by atoms with E-state index in [0.717, 1.165) is 0 Å². The van der Waals surface area contributed by atoms with Crippen LogP contribution >= 0.6 is 0 Å². The van der Waals surface area contributed by atoms with Crippen molar-refractivity contribution in [3.63, 3.8) is 0 Å². The zero-order valence-corrected chi connectivity index (χ0v) is 5.89. The van der Waals surface area contributed by atoms with Crippen LogP contribution in [0.5, 0.6) is 6.01 Å². The summed E-state index contributed by atoms with van der Waals surface area (Å²) < 4.78 is -0.419. The van der Waals surface area contributed by atoms with Crippen LogP contribution in [0.2, 0.25) is 0 Å². The molecule has 8 nitrogen and oxygen atoms in total. The minimum Gasteiger partial charge on any atom is -0.675 e. The molecule has 0 fully saturated rings. The van der Waals surface area contributed by atoms with Crippen LogP contribution in [0.1, 0.15) is 0 Å². The molecule has 1 heterocycles. The number of anilines is 3. The second-order valence-corrected chi connectivity index (χ2v) is 2.07. The molecule has 0 aromatic carbocycles. The number of aromatic hydroxyl groups is 1. The van der Waals surface area contributed by atoms with E-state index in [2.05, 4.69) is 0 Å². The Morgan fingerprint density at radius 1 is 1.00 bits per heavy atom. The van der Waals surface area contributed by atoms with Gasteiger partial charge in [-0.15, -0.1) is 9.46 Å². The van der Waals surface area contributed by atoms with E-state index in [1.165, 1.54) is 0 Å². The van der Waals surface area contributed by atoms with Crippen LogP contribution in [-0.2, 0) is 0 Å². The largest absolute Gasteiger partial charge is 0.675 e. The molecule has 0 saturated carbocycles. The topological polar surface area (TPSA) is 152 Å². The first-order valence-electron chi connectivity index (χ1n) is 2.85. The van der Waals surface area contributed by atoms with Crippen LogP contribution < -0.4 is 26.7 Å². The third-order valence-corrected chi connectivity index (χ3v) is 1.35. The van der Waals surface area contributed by atoms with E-state index in [0.29, 0.717) is 0 Å². The van der Waals surface area contributed by atoms with E-state index in [1.807, 2.05) is 0 Å². The molecule has 0 saturated heterocycles. The van der Waals surface area contributed by atoms with E-state index in [4.69, 9.17) is 22.3 Å². The molecule has 0 unspecified atom stereocenters. The molecular formula is C4H7N5O3. The van der Waals surface area contributed by atoms with Crippen molar-refractivity contribution in [2.75, 3.05) is 17.2 Å². The molecule has 1 aromatic rings. The molecule has 0 radical (unpaired) electrons. The van der Waals surface area contributed by atoms with Gasteiger partial charge in [-0.05, 0) is 0 Å². The van der Waals surface area contributed by atoms with Crippen molar-refractivity contribution < 1.29 is 14.6 Å². The first-order valence-corrected chi connectivity index (χ1v) is 2.85. The van der Waals surface area contributed by atoms with Crippen LogP contribution in [0, 0.1) is 10.4 Å². The maximum absolute atomic E-state index is 10.7. The molecule has 12 heavy (non-hydrogen) atoms. The fraction of sp³-hybridized carbons (Fsp3) is 0. The third-order valence-electron chi connectivity index (χ3n) is 1.35. The summed E-state index contributed by atoms with van der Waals surface area (Å²) in [6, 6.07) is -1.15. The lowest BCUT2D eigenvalue weighted by Crippen LogP contribution is -2.46. The van der Waals surface area contributed by atoms with Gasteiger partial charge in [0.2, 0.25) is 5.69 Å². The van der Waals surface area contributed by atoms with Gasteiger partial charge in [-0.25, -0.2) is 0 Å². The molecule has 8 heteroatoms. The molecule has 0 aliphatic heterocycles. The smallest absolute Gasteiger partial charge is 0.530 e. The van der Waals surface area contributed by atoms with Gasteiger partial charge in [-0.1, -0.05) is 0 Å². The van der Waals surface area contributed by atoms with Crippen molar-refractivity contribution >= 4 is 17.3 Å². The van der Waals surface area contributed by atoms with Gasteiger partial charge in [0, 0.05) is 0 Å². The van der Waals surface area contributed by atoms with E-state index in [-0.39, 0.29) is 15.1 Å². The first-order chi connectivity index (χ1) is 5.46. The van der Waals surface area contributed by atoms with E-state index in [9.17, 15) is 10.4 Å². The van der Waals surface area contributed by atoms with E-state index >= 15 is 0 Å². The highest BCUT2D eigenvalue weighted by Gasteiger charge is 2.23. The summed E-state index contributed by atoms with van der Waals surface area (Å²) in [6.45, 7) is 0. The molecule has 0 atom stereocenters. The fourth-order valence-electron chi connectivity index (χ4n) is 0.648. The van der Waals surface area contributed by atoms with Crippen LogP contribution in [-0.4, -0.2) is 5.11 Å². The number of hydrogen-bond donors (Lipinski definition) is 4. The van der Waals surface area contributed by atoms with Gasteiger partial charge in [-0.2, -0.15) is 0 Å². The van der Waals surface area contributed by atoms with Crippen LogP contribution in [0.25, 0.3) is 0 Å². The van der Waals surface area contributed by atoms with Gasteiger partial charge < -0.3 is 27.0 Å². The highest BCUT2D eigenvalue weighted by atomic mass is 16.5. The summed E-state index contributed by atoms with van der Waals surface area (Å²) in [6.07, 6.45) is 0. The van der Waals surface area contributed by atoms with Crippen LogP contribution in [0.3, 0.4) is 0 Å². The number of aromatic nitrogens is 2. The summed E-state index contributed by atoms with van der Waals surface area (Å²) >= 11 is 0. The summed E-state index contributed by atoms with van der Waals surface area (Å²) in [4.78, 5) is 0. The standard InChI is InChI=1S/C4H7N5O3/c5-1-2(6)8(11)4(10)9(12)3(1)7/h10H,5-7H2. The molecular weight excluding hydrogens is 166 g/mol. The zero-order valence-electron chi connectivity index (χ0n) is 5.89. The number of nitrogen functional groups attached to an aromatic ring is 3. The highest BCUT2D eigenvalue weighted by molar-refractivity contribution is 5.66. The predicted molar refractivity (Wildman–Crippen MR) is 39.3 cm³/mol. The fourth-order valence-corrected chi connectivity index (χ4v) is 0.648. The zero-order chi connectivity index (χ0) is 9.46. The summed E-state index contributed by atoms with van der Waals surface area (Å²) in [7, 11) is 0. The molecule has 66 valence electrons. The minimum atomic E-state index is -1.15. The summed E-state index contributed by atoms with van der Waals surface area (Å²) in [5.41, 5.74) is 15.0.